The lowest BCUT2D eigenvalue weighted by Gasteiger charge is -2.31. The summed E-state index contributed by atoms with van der Waals surface area (Å²) in [5.74, 6) is 1.32. The van der Waals surface area contributed by atoms with Gasteiger partial charge in [-0.15, -0.1) is 0 Å². The zero-order valence-electron chi connectivity index (χ0n) is 12.5. The molecule has 1 aliphatic carbocycles. The topological polar surface area (TPSA) is 21.3 Å². The van der Waals surface area contributed by atoms with Gasteiger partial charge in [-0.2, -0.15) is 0 Å². The van der Waals surface area contributed by atoms with E-state index in [-0.39, 0.29) is 0 Å². The Hall–Kier alpha value is -0.860. The molecule has 19 heavy (non-hydrogen) atoms. The smallest absolute Gasteiger partial charge is 0.0465 e. The maximum Gasteiger partial charge on any atom is 0.0465 e. The standard InChI is InChI=1S/C17H27NO/c1-4-18-17(13(2)11-12-19-3)16-10-9-14-7-5-6-8-15(14)16/h5-8,13,16-18H,4,9-12H2,1-3H3. The van der Waals surface area contributed by atoms with Crippen LogP contribution < -0.4 is 5.32 Å². The number of methoxy groups -OCH3 is 1. The third-order valence-corrected chi connectivity index (χ3v) is 4.44. The van der Waals surface area contributed by atoms with Crippen molar-refractivity contribution in [2.45, 2.75) is 45.1 Å². The highest BCUT2D eigenvalue weighted by Crippen LogP contribution is 2.38. The first-order valence-corrected chi connectivity index (χ1v) is 7.58. The molecule has 1 aromatic carbocycles. The van der Waals surface area contributed by atoms with E-state index in [4.69, 9.17) is 4.74 Å². The zero-order valence-corrected chi connectivity index (χ0v) is 12.5. The van der Waals surface area contributed by atoms with Crippen LogP contribution in [0.3, 0.4) is 0 Å². The monoisotopic (exact) mass is 261 g/mol. The molecule has 3 unspecified atom stereocenters. The Morgan fingerprint density at radius 2 is 2.16 bits per heavy atom. The van der Waals surface area contributed by atoms with Gasteiger partial charge in [-0.25, -0.2) is 0 Å². The highest BCUT2D eigenvalue weighted by Gasteiger charge is 2.31. The Balaban J connectivity index is 2.11. The molecule has 0 heterocycles. The van der Waals surface area contributed by atoms with E-state index in [9.17, 15) is 0 Å². The lowest BCUT2D eigenvalue weighted by atomic mass is 9.84. The van der Waals surface area contributed by atoms with Crippen molar-refractivity contribution in [3.63, 3.8) is 0 Å². The molecular formula is C17H27NO. The minimum atomic E-state index is 0.573. The fraction of sp³-hybridized carbons (Fsp3) is 0.647. The second-order valence-electron chi connectivity index (χ2n) is 5.69. The van der Waals surface area contributed by atoms with Crippen molar-refractivity contribution in [3.05, 3.63) is 35.4 Å². The third kappa shape index (κ3) is 3.37. The van der Waals surface area contributed by atoms with Crippen LogP contribution in [-0.4, -0.2) is 26.3 Å². The average molecular weight is 261 g/mol. The van der Waals surface area contributed by atoms with Gasteiger partial charge in [0.15, 0.2) is 0 Å². The predicted octanol–water partition coefficient (Wildman–Crippen LogP) is 3.37. The van der Waals surface area contributed by atoms with Gasteiger partial charge >= 0.3 is 0 Å². The van der Waals surface area contributed by atoms with Crippen molar-refractivity contribution >= 4 is 0 Å². The summed E-state index contributed by atoms with van der Waals surface area (Å²) in [7, 11) is 1.79. The van der Waals surface area contributed by atoms with Crippen LogP contribution in [0.5, 0.6) is 0 Å². The van der Waals surface area contributed by atoms with Gasteiger partial charge in [-0.05, 0) is 42.9 Å². The van der Waals surface area contributed by atoms with Crippen LogP contribution in [0.15, 0.2) is 24.3 Å². The molecule has 1 aliphatic rings. The van der Waals surface area contributed by atoms with E-state index >= 15 is 0 Å². The zero-order chi connectivity index (χ0) is 13.7. The first-order chi connectivity index (χ1) is 9.27. The minimum absolute atomic E-state index is 0.573. The number of nitrogens with one attached hydrogen (secondary N) is 1. The summed E-state index contributed by atoms with van der Waals surface area (Å²) in [6, 6.07) is 9.53. The number of ether oxygens (including phenoxy) is 1. The molecule has 1 N–H and O–H groups in total. The van der Waals surface area contributed by atoms with Gasteiger partial charge < -0.3 is 10.1 Å². The van der Waals surface area contributed by atoms with Crippen LogP contribution in [0.2, 0.25) is 0 Å². The highest BCUT2D eigenvalue weighted by atomic mass is 16.5. The summed E-state index contributed by atoms with van der Waals surface area (Å²) in [5.41, 5.74) is 3.12. The lowest BCUT2D eigenvalue weighted by Crippen LogP contribution is -2.40. The quantitative estimate of drug-likeness (QED) is 0.812. The Kier molecular flexibility index (Phi) is 5.41. The van der Waals surface area contributed by atoms with E-state index in [0.29, 0.717) is 17.9 Å². The van der Waals surface area contributed by atoms with Crippen LogP contribution in [0, 0.1) is 5.92 Å². The molecule has 0 bridgehead atoms. The Bertz CT molecular complexity index is 391. The maximum atomic E-state index is 5.25. The van der Waals surface area contributed by atoms with E-state index in [1.807, 2.05) is 0 Å². The Morgan fingerprint density at radius 1 is 1.37 bits per heavy atom. The molecule has 0 saturated carbocycles. The molecular weight excluding hydrogens is 234 g/mol. The summed E-state index contributed by atoms with van der Waals surface area (Å²) in [4.78, 5) is 0. The number of hydrogen-bond donors (Lipinski definition) is 1. The van der Waals surface area contributed by atoms with Crippen molar-refractivity contribution in [2.24, 2.45) is 5.92 Å². The molecule has 0 amide bonds. The predicted molar refractivity (Wildman–Crippen MR) is 80.6 cm³/mol. The molecule has 0 fully saturated rings. The summed E-state index contributed by atoms with van der Waals surface area (Å²) in [6.45, 7) is 6.46. The molecule has 2 nitrogen and oxygen atoms in total. The van der Waals surface area contributed by atoms with Crippen LogP contribution in [-0.2, 0) is 11.2 Å². The molecule has 0 aromatic heterocycles. The van der Waals surface area contributed by atoms with Gasteiger partial charge in [0.25, 0.3) is 0 Å². The molecule has 0 saturated heterocycles. The van der Waals surface area contributed by atoms with Crippen molar-refractivity contribution in [1.82, 2.24) is 5.32 Å². The van der Waals surface area contributed by atoms with Crippen LogP contribution in [0.25, 0.3) is 0 Å². The van der Waals surface area contributed by atoms with Gasteiger partial charge in [-0.1, -0.05) is 38.1 Å². The lowest BCUT2D eigenvalue weighted by molar-refractivity contribution is 0.165. The molecule has 0 spiro atoms. The SMILES string of the molecule is CCNC(C(C)CCOC)C1CCc2ccccc21. The van der Waals surface area contributed by atoms with Gasteiger partial charge in [0.2, 0.25) is 0 Å². The molecule has 3 atom stereocenters. The van der Waals surface area contributed by atoms with Crippen molar-refractivity contribution in [3.8, 4) is 0 Å². The number of hydrogen-bond acceptors (Lipinski definition) is 2. The van der Waals surface area contributed by atoms with E-state index in [1.54, 1.807) is 18.2 Å². The molecule has 106 valence electrons. The largest absolute Gasteiger partial charge is 0.385 e. The van der Waals surface area contributed by atoms with Crippen LogP contribution in [0.1, 0.15) is 43.7 Å². The molecule has 0 aliphatic heterocycles. The summed E-state index contributed by atoms with van der Waals surface area (Å²) in [6.07, 6.45) is 3.65. The van der Waals surface area contributed by atoms with Crippen molar-refractivity contribution in [2.75, 3.05) is 20.3 Å². The third-order valence-electron chi connectivity index (χ3n) is 4.44. The second-order valence-corrected chi connectivity index (χ2v) is 5.69. The van der Waals surface area contributed by atoms with Crippen molar-refractivity contribution < 1.29 is 4.74 Å². The fourth-order valence-corrected chi connectivity index (χ4v) is 3.42. The van der Waals surface area contributed by atoms with E-state index in [2.05, 4.69) is 43.4 Å². The minimum Gasteiger partial charge on any atom is -0.385 e. The first kappa shape index (κ1) is 14.5. The number of rotatable bonds is 7. The van der Waals surface area contributed by atoms with Crippen LogP contribution in [0.4, 0.5) is 0 Å². The molecule has 2 heteroatoms. The molecule has 2 rings (SSSR count). The number of aryl methyl sites for hydroxylation is 1. The van der Waals surface area contributed by atoms with Crippen LogP contribution >= 0.6 is 0 Å². The number of fused-ring (bicyclic) bond motifs is 1. The number of benzene rings is 1. The maximum absolute atomic E-state index is 5.25. The van der Waals surface area contributed by atoms with Gasteiger partial charge in [0.05, 0.1) is 0 Å². The van der Waals surface area contributed by atoms with E-state index in [1.165, 1.54) is 12.8 Å². The summed E-state index contributed by atoms with van der Waals surface area (Å²) >= 11 is 0. The second kappa shape index (κ2) is 7.06. The normalized spacial score (nSPS) is 21.1. The molecule has 0 radical (unpaired) electrons. The fourth-order valence-electron chi connectivity index (χ4n) is 3.42. The van der Waals surface area contributed by atoms with E-state index in [0.717, 1.165) is 19.6 Å². The Labute approximate surface area is 117 Å². The van der Waals surface area contributed by atoms with Gasteiger partial charge in [0, 0.05) is 25.7 Å². The summed E-state index contributed by atoms with van der Waals surface area (Å²) in [5, 5.41) is 3.72. The van der Waals surface area contributed by atoms with E-state index < -0.39 is 0 Å². The first-order valence-electron chi connectivity index (χ1n) is 7.58. The summed E-state index contributed by atoms with van der Waals surface area (Å²) < 4.78 is 5.25. The highest BCUT2D eigenvalue weighted by molar-refractivity contribution is 5.36. The molecule has 1 aromatic rings. The van der Waals surface area contributed by atoms with Gasteiger partial charge in [-0.3, -0.25) is 0 Å². The van der Waals surface area contributed by atoms with Crippen molar-refractivity contribution in [1.29, 1.82) is 0 Å². The van der Waals surface area contributed by atoms with Gasteiger partial charge in [0.1, 0.15) is 0 Å². The Morgan fingerprint density at radius 3 is 2.89 bits per heavy atom. The average Bonchev–Trinajstić information content (AvgIpc) is 2.86. The number of likely N-dealkylation sites (N-methyl/N-ethyl adjacent to an activating group) is 1.